The predicted molar refractivity (Wildman–Crippen MR) is 51.2 cm³/mol. The molecule has 0 aromatic rings. The van der Waals surface area contributed by atoms with Crippen LogP contribution >= 0.6 is 22.6 Å². The average molecular weight is 288 g/mol. The first-order valence-electron chi connectivity index (χ1n) is 3.79. The van der Waals surface area contributed by atoms with E-state index in [1.165, 1.54) is 7.11 Å². The topological polar surface area (TPSA) is 58.9 Å². The summed E-state index contributed by atoms with van der Waals surface area (Å²) >= 11 is 2.11. The van der Waals surface area contributed by atoms with E-state index < -0.39 is 12.2 Å². The SMILES string of the molecule is CO[C@H]1C[C@@H](O)[C@H](O)[C@@H](CI)O1. The van der Waals surface area contributed by atoms with Gasteiger partial charge in [0.25, 0.3) is 0 Å². The van der Waals surface area contributed by atoms with Crippen LogP contribution in [0.15, 0.2) is 0 Å². The highest BCUT2D eigenvalue weighted by molar-refractivity contribution is 14.1. The summed E-state index contributed by atoms with van der Waals surface area (Å²) < 4.78 is 10.9. The van der Waals surface area contributed by atoms with Crippen molar-refractivity contribution in [2.24, 2.45) is 0 Å². The molecule has 1 rings (SSSR count). The summed E-state index contributed by atoms with van der Waals surface area (Å²) in [7, 11) is 1.53. The maximum Gasteiger partial charge on any atom is 0.160 e. The predicted octanol–water partition coefficient (Wildman–Crippen LogP) is -0.0954. The zero-order chi connectivity index (χ0) is 9.14. The van der Waals surface area contributed by atoms with Crippen molar-refractivity contribution in [2.75, 3.05) is 11.5 Å². The molecule has 0 aromatic heterocycles. The van der Waals surface area contributed by atoms with Gasteiger partial charge in [0, 0.05) is 18.0 Å². The molecule has 0 spiro atoms. The van der Waals surface area contributed by atoms with Crippen LogP contribution in [0.4, 0.5) is 0 Å². The molecule has 0 saturated carbocycles. The summed E-state index contributed by atoms with van der Waals surface area (Å²) in [5.41, 5.74) is 0. The maximum atomic E-state index is 9.42. The number of methoxy groups -OCH3 is 1. The van der Waals surface area contributed by atoms with Gasteiger partial charge in [-0.3, -0.25) is 0 Å². The minimum atomic E-state index is -0.784. The quantitative estimate of drug-likeness (QED) is 0.550. The van der Waals surface area contributed by atoms with Gasteiger partial charge in [0.15, 0.2) is 6.29 Å². The van der Waals surface area contributed by atoms with Crippen molar-refractivity contribution in [2.45, 2.75) is 31.0 Å². The van der Waals surface area contributed by atoms with Crippen LogP contribution in [0.2, 0.25) is 0 Å². The van der Waals surface area contributed by atoms with Gasteiger partial charge >= 0.3 is 0 Å². The number of alkyl halides is 1. The van der Waals surface area contributed by atoms with Crippen LogP contribution in [0.5, 0.6) is 0 Å². The third-order valence-electron chi connectivity index (χ3n) is 1.95. The molecule has 0 aromatic carbocycles. The molecule has 1 aliphatic heterocycles. The lowest BCUT2D eigenvalue weighted by atomic mass is 10.0. The zero-order valence-corrected chi connectivity index (χ0v) is 8.97. The lowest BCUT2D eigenvalue weighted by molar-refractivity contribution is -0.235. The number of aliphatic hydroxyl groups excluding tert-OH is 2. The number of halogens is 1. The number of aliphatic hydroxyl groups is 2. The molecular formula is C7H13IO4. The molecule has 0 unspecified atom stereocenters. The van der Waals surface area contributed by atoms with Crippen molar-refractivity contribution in [1.29, 1.82) is 0 Å². The Morgan fingerprint density at radius 2 is 2.25 bits per heavy atom. The zero-order valence-electron chi connectivity index (χ0n) is 6.81. The number of hydrogen-bond donors (Lipinski definition) is 2. The highest BCUT2D eigenvalue weighted by atomic mass is 127. The maximum absolute atomic E-state index is 9.42. The van der Waals surface area contributed by atoms with E-state index in [2.05, 4.69) is 22.6 Å². The van der Waals surface area contributed by atoms with E-state index in [-0.39, 0.29) is 12.4 Å². The summed E-state index contributed by atoms with van der Waals surface area (Å²) in [5, 5.41) is 18.8. The molecule has 4 atom stereocenters. The van der Waals surface area contributed by atoms with Gasteiger partial charge in [0.1, 0.15) is 6.10 Å². The van der Waals surface area contributed by atoms with Crippen molar-refractivity contribution < 1.29 is 19.7 Å². The Balaban J connectivity index is 2.52. The molecule has 1 saturated heterocycles. The van der Waals surface area contributed by atoms with Gasteiger partial charge < -0.3 is 19.7 Å². The van der Waals surface area contributed by atoms with Crippen LogP contribution in [0.3, 0.4) is 0 Å². The van der Waals surface area contributed by atoms with Crippen molar-refractivity contribution in [1.82, 2.24) is 0 Å². The minimum absolute atomic E-state index is 0.320. The molecule has 1 fully saturated rings. The van der Waals surface area contributed by atoms with E-state index in [9.17, 15) is 10.2 Å². The van der Waals surface area contributed by atoms with Crippen LogP contribution in [-0.2, 0) is 9.47 Å². The Hall–Kier alpha value is 0.570. The molecule has 12 heavy (non-hydrogen) atoms. The summed E-state index contributed by atoms with van der Waals surface area (Å²) in [4.78, 5) is 0. The van der Waals surface area contributed by atoms with Crippen LogP contribution in [0, 0.1) is 0 Å². The molecule has 4 nitrogen and oxygen atoms in total. The van der Waals surface area contributed by atoms with Crippen LogP contribution in [0.1, 0.15) is 6.42 Å². The molecule has 1 heterocycles. The van der Waals surface area contributed by atoms with Gasteiger partial charge in [-0.1, -0.05) is 22.6 Å². The van der Waals surface area contributed by atoms with Gasteiger partial charge in [0.05, 0.1) is 12.2 Å². The molecule has 0 bridgehead atoms. The van der Waals surface area contributed by atoms with Gasteiger partial charge in [-0.25, -0.2) is 0 Å². The molecule has 1 aliphatic rings. The van der Waals surface area contributed by atoms with Crippen molar-refractivity contribution in [3.05, 3.63) is 0 Å². The van der Waals surface area contributed by atoms with Crippen LogP contribution in [-0.4, -0.2) is 46.4 Å². The van der Waals surface area contributed by atoms with E-state index in [1.807, 2.05) is 0 Å². The second-order valence-corrected chi connectivity index (χ2v) is 3.67. The highest BCUT2D eigenvalue weighted by Crippen LogP contribution is 2.21. The average Bonchev–Trinajstić information content (AvgIpc) is 2.09. The largest absolute Gasteiger partial charge is 0.390 e. The van der Waals surface area contributed by atoms with Gasteiger partial charge in [0.2, 0.25) is 0 Å². The summed E-state index contributed by atoms with van der Waals surface area (Å²) in [6, 6.07) is 0. The monoisotopic (exact) mass is 288 g/mol. The molecule has 0 radical (unpaired) electrons. The summed E-state index contributed by atoms with van der Waals surface area (Å²) in [6.45, 7) is 0. The van der Waals surface area contributed by atoms with E-state index in [1.54, 1.807) is 0 Å². The third-order valence-corrected chi connectivity index (χ3v) is 2.82. The lowest BCUT2D eigenvalue weighted by Gasteiger charge is -2.35. The van der Waals surface area contributed by atoms with Crippen molar-refractivity contribution >= 4 is 22.6 Å². The number of ether oxygens (including phenoxy) is 2. The smallest absolute Gasteiger partial charge is 0.160 e. The molecule has 0 aliphatic carbocycles. The molecule has 72 valence electrons. The van der Waals surface area contributed by atoms with Crippen LogP contribution < -0.4 is 0 Å². The molecular weight excluding hydrogens is 275 g/mol. The van der Waals surface area contributed by atoms with Gasteiger partial charge in [-0.05, 0) is 0 Å². The van der Waals surface area contributed by atoms with Crippen molar-refractivity contribution in [3.8, 4) is 0 Å². The first-order chi connectivity index (χ1) is 5.69. The number of hydrogen-bond acceptors (Lipinski definition) is 4. The summed E-state index contributed by atoms with van der Waals surface area (Å²) in [6.07, 6.45) is -1.88. The highest BCUT2D eigenvalue weighted by Gasteiger charge is 2.35. The fourth-order valence-corrected chi connectivity index (χ4v) is 1.92. The second kappa shape index (κ2) is 4.71. The van der Waals surface area contributed by atoms with Gasteiger partial charge in [-0.15, -0.1) is 0 Å². The molecule has 5 heteroatoms. The fourth-order valence-electron chi connectivity index (χ4n) is 1.19. The first kappa shape index (κ1) is 10.6. The normalized spacial score (nSPS) is 43.0. The number of rotatable bonds is 2. The fraction of sp³-hybridized carbons (Fsp3) is 1.00. The Kier molecular flexibility index (Phi) is 4.18. The Morgan fingerprint density at radius 1 is 1.58 bits per heavy atom. The molecule has 0 amide bonds. The second-order valence-electron chi connectivity index (χ2n) is 2.79. The van der Waals surface area contributed by atoms with E-state index in [4.69, 9.17) is 9.47 Å². The lowest BCUT2D eigenvalue weighted by Crippen LogP contribution is -2.49. The minimum Gasteiger partial charge on any atom is -0.390 e. The van der Waals surface area contributed by atoms with Crippen molar-refractivity contribution in [3.63, 3.8) is 0 Å². The van der Waals surface area contributed by atoms with Crippen LogP contribution in [0.25, 0.3) is 0 Å². The first-order valence-corrected chi connectivity index (χ1v) is 5.32. The van der Waals surface area contributed by atoms with Gasteiger partial charge in [-0.2, -0.15) is 0 Å². The van der Waals surface area contributed by atoms with E-state index in [0.717, 1.165) is 0 Å². The summed E-state index contributed by atoms with van der Waals surface area (Å²) in [5.74, 6) is 0. The molecule has 2 N–H and O–H groups in total. The Bertz CT molecular complexity index is 143. The van der Waals surface area contributed by atoms with E-state index >= 15 is 0 Å². The van der Waals surface area contributed by atoms with E-state index in [0.29, 0.717) is 10.8 Å². The Labute approximate surface area is 85.0 Å². The third kappa shape index (κ3) is 2.29. The Morgan fingerprint density at radius 3 is 2.75 bits per heavy atom. The standard InChI is InChI=1S/C7H13IO4/c1-11-6-2-4(9)7(10)5(3-8)12-6/h4-7,9-10H,2-3H2,1H3/t4-,5-,6-,7+/m1/s1.